The predicted octanol–water partition coefficient (Wildman–Crippen LogP) is 7.44. The van der Waals surface area contributed by atoms with E-state index in [1.165, 1.54) is 10.8 Å². The van der Waals surface area contributed by atoms with E-state index >= 15 is 0 Å². The van der Waals surface area contributed by atoms with Crippen molar-refractivity contribution in [1.82, 2.24) is 9.38 Å². The first-order valence-corrected chi connectivity index (χ1v) is 10.3. The lowest BCUT2D eigenvalue weighted by Gasteiger charge is -2.08. The molecule has 0 unspecified atom stereocenters. The van der Waals surface area contributed by atoms with Crippen molar-refractivity contribution in [1.29, 1.82) is 0 Å². The lowest BCUT2D eigenvalue weighted by molar-refractivity contribution is 0.656. The first kappa shape index (κ1) is 15.5. The molecule has 4 nitrogen and oxygen atoms in total. The fraction of sp³-hybridized carbons (Fsp3) is 0. The monoisotopic (exact) mass is 398 g/mol. The Bertz CT molecular complexity index is 2000. The van der Waals surface area contributed by atoms with Crippen molar-refractivity contribution in [2.45, 2.75) is 0 Å². The number of rotatable bonds is 0. The predicted molar refractivity (Wildman–Crippen MR) is 125 cm³/mol. The van der Waals surface area contributed by atoms with Crippen molar-refractivity contribution >= 4 is 71.2 Å². The molecule has 8 rings (SSSR count). The van der Waals surface area contributed by atoms with Gasteiger partial charge in [0.05, 0.1) is 5.52 Å². The molecule has 4 aromatic heterocycles. The average Bonchev–Trinajstić information content (AvgIpc) is 3.51. The van der Waals surface area contributed by atoms with Crippen LogP contribution in [0.5, 0.6) is 0 Å². The van der Waals surface area contributed by atoms with Gasteiger partial charge in [0.15, 0.2) is 0 Å². The molecule has 8 aromatic rings. The maximum atomic E-state index is 6.31. The van der Waals surface area contributed by atoms with E-state index in [1.54, 1.807) is 0 Å². The second-order valence-electron chi connectivity index (χ2n) is 8.08. The second kappa shape index (κ2) is 5.24. The number of imidazole rings is 1. The number of hydrogen-bond acceptors (Lipinski definition) is 3. The van der Waals surface area contributed by atoms with Crippen molar-refractivity contribution in [3.63, 3.8) is 0 Å². The number of hydrogen-bond donors (Lipinski definition) is 0. The lowest BCUT2D eigenvalue weighted by atomic mass is 10.0. The number of fused-ring (bicyclic) bond motifs is 12. The van der Waals surface area contributed by atoms with Gasteiger partial charge in [-0.25, -0.2) is 4.98 Å². The third kappa shape index (κ3) is 1.87. The molecule has 144 valence electrons. The molecule has 0 N–H and O–H groups in total. The van der Waals surface area contributed by atoms with E-state index in [0.717, 1.165) is 60.4 Å². The molecule has 0 aliphatic carbocycles. The van der Waals surface area contributed by atoms with Crippen LogP contribution in [0.15, 0.2) is 94.0 Å². The number of nitrogens with zero attached hydrogens (tertiary/aromatic N) is 2. The van der Waals surface area contributed by atoms with Crippen LogP contribution in [0.2, 0.25) is 0 Å². The highest BCUT2D eigenvalue weighted by Crippen LogP contribution is 2.39. The number of furan rings is 2. The topological polar surface area (TPSA) is 43.6 Å². The van der Waals surface area contributed by atoms with Gasteiger partial charge in [0.1, 0.15) is 28.0 Å². The van der Waals surface area contributed by atoms with Gasteiger partial charge in [0.2, 0.25) is 0 Å². The van der Waals surface area contributed by atoms with Crippen molar-refractivity contribution < 1.29 is 8.83 Å². The van der Waals surface area contributed by atoms with Crippen LogP contribution in [0.3, 0.4) is 0 Å². The number of benzene rings is 4. The first-order chi connectivity index (χ1) is 15.3. The molecule has 4 heteroatoms. The Labute approximate surface area is 174 Å². The van der Waals surface area contributed by atoms with E-state index in [0.29, 0.717) is 0 Å². The average molecular weight is 398 g/mol. The Morgan fingerprint density at radius 2 is 1.19 bits per heavy atom. The van der Waals surface area contributed by atoms with Crippen LogP contribution in [0.4, 0.5) is 0 Å². The van der Waals surface area contributed by atoms with Crippen LogP contribution in [-0.4, -0.2) is 9.38 Å². The Kier molecular flexibility index (Phi) is 2.62. The van der Waals surface area contributed by atoms with Gasteiger partial charge in [-0.05, 0) is 23.6 Å². The molecule has 0 atom stereocenters. The largest absolute Gasteiger partial charge is 0.456 e. The molecule has 31 heavy (non-hydrogen) atoms. The highest BCUT2D eigenvalue weighted by molar-refractivity contribution is 6.20. The van der Waals surface area contributed by atoms with E-state index in [4.69, 9.17) is 8.83 Å². The standard InChI is InChI=1S/C27H14N2O2/c1-2-7-17-15(5-1)18-11-20-21-12-19-16-6-3-4-8-23(16)30-25(19)14-26(21)31-24(20)13-22(18)29-10-9-28-27(17)29/h1-14H. The minimum Gasteiger partial charge on any atom is -0.456 e. The van der Waals surface area contributed by atoms with Gasteiger partial charge in [0.25, 0.3) is 0 Å². The molecule has 0 fully saturated rings. The second-order valence-corrected chi connectivity index (χ2v) is 8.08. The van der Waals surface area contributed by atoms with E-state index in [-0.39, 0.29) is 0 Å². The molecule has 0 amide bonds. The molecule has 0 saturated heterocycles. The quantitative estimate of drug-likeness (QED) is 0.249. The normalized spacial score (nSPS) is 12.5. The summed E-state index contributed by atoms with van der Waals surface area (Å²) in [5.74, 6) is 0. The van der Waals surface area contributed by atoms with Gasteiger partial charge in [0, 0.05) is 56.8 Å². The zero-order chi connectivity index (χ0) is 20.1. The molecule has 0 radical (unpaired) electrons. The van der Waals surface area contributed by atoms with Crippen LogP contribution < -0.4 is 0 Å². The Morgan fingerprint density at radius 1 is 0.548 bits per heavy atom. The van der Waals surface area contributed by atoms with Crippen LogP contribution >= 0.6 is 0 Å². The summed E-state index contributed by atoms with van der Waals surface area (Å²) in [5, 5.41) is 7.98. The molecule has 4 heterocycles. The van der Waals surface area contributed by atoms with E-state index in [1.807, 2.05) is 36.7 Å². The van der Waals surface area contributed by atoms with Crippen molar-refractivity contribution in [2.24, 2.45) is 0 Å². The van der Waals surface area contributed by atoms with E-state index < -0.39 is 0 Å². The summed E-state index contributed by atoms with van der Waals surface area (Å²) in [6.45, 7) is 0. The molecule has 0 aliphatic rings. The highest BCUT2D eigenvalue weighted by atomic mass is 16.3. The minimum absolute atomic E-state index is 0.836. The maximum Gasteiger partial charge on any atom is 0.145 e. The van der Waals surface area contributed by atoms with Gasteiger partial charge in [-0.2, -0.15) is 0 Å². The number of para-hydroxylation sites is 1. The first-order valence-electron chi connectivity index (χ1n) is 10.3. The van der Waals surface area contributed by atoms with E-state index in [9.17, 15) is 0 Å². The van der Waals surface area contributed by atoms with Gasteiger partial charge in [-0.1, -0.05) is 42.5 Å². The fourth-order valence-electron chi connectivity index (χ4n) is 5.06. The van der Waals surface area contributed by atoms with Gasteiger partial charge >= 0.3 is 0 Å². The zero-order valence-corrected chi connectivity index (χ0v) is 16.3. The van der Waals surface area contributed by atoms with Gasteiger partial charge in [-0.3, -0.25) is 4.40 Å². The van der Waals surface area contributed by atoms with Crippen LogP contribution in [0.25, 0.3) is 71.2 Å². The highest BCUT2D eigenvalue weighted by Gasteiger charge is 2.16. The SMILES string of the molecule is c1ccc2c(c1)oc1cc3oc4cc5c(cc4c3cc12)c1ccccc1c1nccn51. The summed E-state index contributed by atoms with van der Waals surface area (Å²) in [7, 11) is 0. The summed E-state index contributed by atoms with van der Waals surface area (Å²) in [6, 6.07) is 25.2. The minimum atomic E-state index is 0.836. The molecular weight excluding hydrogens is 384 g/mol. The third-order valence-electron chi connectivity index (χ3n) is 6.45. The number of pyridine rings is 1. The number of aromatic nitrogens is 2. The van der Waals surface area contributed by atoms with Crippen molar-refractivity contribution in [3.05, 3.63) is 85.2 Å². The molecule has 0 aliphatic heterocycles. The van der Waals surface area contributed by atoms with Gasteiger partial charge < -0.3 is 8.83 Å². The van der Waals surface area contributed by atoms with Crippen LogP contribution in [0.1, 0.15) is 0 Å². The molecular formula is C27H14N2O2. The van der Waals surface area contributed by atoms with E-state index in [2.05, 4.69) is 57.9 Å². The molecule has 0 bridgehead atoms. The maximum absolute atomic E-state index is 6.31. The molecule has 0 saturated carbocycles. The smallest absolute Gasteiger partial charge is 0.145 e. The zero-order valence-electron chi connectivity index (χ0n) is 16.3. The summed E-state index contributed by atoms with van der Waals surface area (Å²) in [5.41, 5.74) is 5.50. The summed E-state index contributed by atoms with van der Waals surface area (Å²) < 4.78 is 14.5. The van der Waals surface area contributed by atoms with Crippen LogP contribution in [0, 0.1) is 0 Å². The Hall–Kier alpha value is -4.31. The van der Waals surface area contributed by atoms with Crippen LogP contribution in [-0.2, 0) is 0 Å². The van der Waals surface area contributed by atoms with Crippen molar-refractivity contribution in [2.75, 3.05) is 0 Å². The Balaban J connectivity index is 1.59. The fourth-order valence-corrected chi connectivity index (χ4v) is 5.06. The summed E-state index contributed by atoms with van der Waals surface area (Å²) >= 11 is 0. The van der Waals surface area contributed by atoms with Gasteiger partial charge in [-0.15, -0.1) is 0 Å². The third-order valence-corrected chi connectivity index (χ3v) is 6.45. The Morgan fingerprint density at radius 3 is 2.06 bits per heavy atom. The lowest BCUT2D eigenvalue weighted by Crippen LogP contribution is -1.90. The summed E-state index contributed by atoms with van der Waals surface area (Å²) in [6.07, 6.45) is 3.86. The molecule has 4 aromatic carbocycles. The summed E-state index contributed by atoms with van der Waals surface area (Å²) in [4.78, 5) is 4.60. The molecule has 0 spiro atoms. The van der Waals surface area contributed by atoms with Crippen molar-refractivity contribution in [3.8, 4) is 0 Å².